The number of rotatable bonds is 5. The lowest BCUT2D eigenvalue weighted by Gasteiger charge is -2.19. The molecule has 0 radical (unpaired) electrons. The Morgan fingerprint density at radius 2 is 1.58 bits per heavy atom. The van der Waals surface area contributed by atoms with Crippen LogP contribution in [0.4, 0.5) is 5.69 Å². The number of benzene rings is 2. The number of halogens is 1. The van der Waals surface area contributed by atoms with Crippen molar-refractivity contribution in [2.24, 2.45) is 11.8 Å². The maximum atomic E-state index is 13.1. The van der Waals surface area contributed by atoms with E-state index in [2.05, 4.69) is 4.72 Å². The first-order valence-corrected chi connectivity index (χ1v) is 12.3. The van der Waals surface area contributed by atoms with Crippen molar-refractivity contribution in [1.82, 2.24) is 4.90 Å². The second-order valence-corrected chi connectivity index (χ2v) is 10.5. The molecule has 1 saturated carbocycles. The molecule has 1 aliphatic carbocycles. The number of likely N-dealkylation sites (tertiary alicyclic amines) is 1. The van der Waals surface area contributed by atoms with Gasteiger partial charge in [0.1, 0.15) is 0 Å². The van der Waals surface area contributed by atoms with Gasteiger partial charge in [-0.1, -0.05) is 42.6 Å². The molecule has 2 amide bonds. The zero-order valence-corrected chi connectivity index (χ0v) is 19.1. The highest BCUT2D eigenvalue weighted by molar-refractivity contribution is 7.92. The topological polar surface area (TPSA) is 83.6 Å². The van der Waals surface area contributed by atoms with Crippen LogP contribution in [-0.2, 0) is 26.2 Å². The van der Waals surface area contributed by atoms with E-state index in [-0.39, 0.29) is 35.1 Å². The molecule has 1 N–H and O–H groups in total. The van der Waals surface area contributed by atoms with Crippen molar-refractivity contribution in [3.63, 3.8) is 0 Å². The summed E-state index contributed by atoms with van der Waals surface area (Å²) in [6.07, 6.45) is 3.44. The van der Waals surface area contributed by atoms with Crippen molar-refractivity contribution in [2.75, 3.05) is 4.72 Å². The summed E-state index contributed by atoms with van der Waals surface area (Å²) in [5.41, 5.74) is 2.33. The first-order valence-electron chi connectivity index (χ1n) is 10.4. The highest BCUT2D eigenvalue weighted by Crippen LogP contribution is 2.38. The number of aryl methyl sites for hydroxylation is 2. The van der Waals surface area contributed by atoms with Gasteiger partial charge in [0, 0.05) is 5.02 Å². The Balaban J connectivity index is 1.60. The lowest BCUT2D eigenvalue weighted by Crippen LogP contribution is -2.30. The highest BCUT2D eigenvalue weighted by atomic mass is 35.5. The van der Waals surface area contributed by atoms with E-state index in [1.54, 1.807) is 50.2 Å². The zero-order chi connectivity index (χ0) is 22.3. The second kappa shape index (κ2) is 8.28. The van der Waals surface area contributed by atoms with Gasteiger partial charge in [0.15, 0.2) is 0 Å². The maximum absolute atomic E-state index is 13.1. The van der Waals surface area contributed by atoms with Crippen LogP contribution in [0.1, 0.15) is 42.4 Å². The van der Waals surface area contributed by atoms with Gasteiger partial charge < -0.3 is 0 Å². The Kier molecular flexibility index (Phi) is 5.83. The fraction of sp³-hybridized carbons (Fsp3) is 0.391. The predicted octanol–water partition coefficient (Wildman–Crippen LogP) is 4.43. The normalized spacial score (nSPS) is 21.3. The molecule has 2 fully saturated rings. The van der Waals surface area contributed by atoms with E-state index >= 15 is 0 Å². The number of nitrogens with zero attached hydrogens (tertiary/aromatic N) is 1. The number of hydrogen-bond acceptors (Lipinski definition) is 4. The third-order valence-corrected chi connectivity index (χ3v) is 8.00. The Hall–Kier alpha value is -2.38. The average molecular weight is 461 g/mol. The van der Waals surface area contributed by atoms with E-state index in [0.29, 0.717) is 21.8 Å². The van der Waals surface area contributed by atoms with Gasteiger partial charge >= 0.3 is 0 Å². The standard InChI is InChI=1S/C23H25ClN2O4S/c1-14-8-10-17(24)12-20(14)25-31(29,30)21-11-16(9-7-15(21)2)13-26-22(27)18-5-3-4-6-19(18)23(26)28/h7-12,18-19,25H,3-6,13H2,1-2H3. The second-order valence-electron chi connectivity index (χ2n) is 8.42. The minimum Gasteiger partial charge on any atom is -0.279 e. The molecule has 1 saturated heterocycles. The van der Waals surface area contributed by atoms with Crippen LogP contribution in [0, 0.1) is 25.7 Å². The molecule has 31 heavy (non-hydrogen) atoms. The summed E-state index contributed by atoms with van der Waals surface area (Å²) < 4.78 is 28.8. The van der Waals surface area contributed by atoms with Crippen LogP contribution < -0.4 is 4.72 Å². The van der Waals surface area contributed by atoms with E-state index < -0.39 is 10.0 Å². The van der Waals surface area contributed by atoms with Gasteiger partial charge in [-0.25, -0.2) is 8.42 Å². The van der Waals surface area contributed by atoms with E-state index in [4.69, 9.17) is 11.6 Å². The van der Waals surface area contributed by atoms with Crippen molar-refractivity contribution < 1.29 is 18.0 Å². The molecule has 2 atom stereocenters. The van der Waals surface area contributed by atoms with Crippen molar-refractivity contribution >= 4 is 39.1 Å². The number of hydrogen-bond donors (Lipinski definition) is 1. The van der Waals surface area contributed by atoms with E-state index in [9.17, 15) is 18.0 Å². The first-order chi connectivity index (χ1) is 14.7. The lowest BCUT2D eigenvalue weighted by atomic mass is 9.81. The molecule has 8 heteroatoms. The molecule has 1 heterocycles. The smallest absolute Gasteiger partial charge is 0.262 e. The molecule has 1 aliphatic heterocycles. The highest BCUT2D eigenvalue weighted by Gasteiger charge is 2.47. The summed E-state index contributed by atoms with van der Waals surface area (Å²) in [6.45, 7) is 3.59. The monoisotopic (exact) mass is 460 g/mol. The van der Waals surface area contributed by atoms with Crippen LogP contribution >= 0.6 is 11.6 Å². The molecular formula is C23H25ClN2O4S. The van der Waals surface area contributed by atoms with Gasteiger partial charge in [-0.15, -0.1) is 0 Å². The molecule has 0 aromatic heterocycles. The number of carbonyl (C=O) groups excluding carboxylic acids is 2. The number of sulfonamides is 1. The maximum Gasteiger partial charge on any atom is 0.262 e. The van der Waals surface area contributed by atoms with Gasteiger partial charge in [0.2, 0.25) is 11.8 Å². The van der Waals surface area contributed by atoms with Gasteiger partial charge in [-0.2, -0.15) is 0 Å². The van der Waals surface area contributed by atoms with E-state index in [1.165, 1.54) is 4.90 Å². The van der Waals surface area contributed by atoms with Crippen molar-refractivity contribution in [1.29, 1.82) is 0 Å². The van der Waals surface area contributed by atoms with E-state index in [0.717, 1.165) is 31.2 Å². The summed E-state index contributed by atoms with van der Waals surface area (Å²) in [6, 6.07) is 10.0. The Labute approximate surface area is 187 Å². The van der Waals surface area contributed by atoms with Crippen LogP contribution in [0.25, 0.3) is 0 Å². The molecule has 0 spiro atoms. The van der Waals surface area contributed by atoms with Crippen LogP contribution in [0.15, 0.2) is 41.3 Å². The van der Waals surface area contributed by atoms with Crippen LogP contribution in [0.2, 0.25) is 5.02 Å². The summed E-state index contributed by atoms with van der Waals surface area (Å²) >= 11 is 6.02. The SMILES string of the molecule is Cc1ccc(Cl)cc1NS(=O)(=O)c1cc(CN2C(=O)C3CCCCC3C2=O)ccc1C. The summed E-state index contributed by atoms with van der Waals surface area (Å²) in [5, 5.41) is 0.432. The Morgan fingerprint density at radius 3 is 2.23 bits per heavy atom. The third-order valence-electron chi connectivity index (χ3n) is 6.26. The number of imide groups is 1. The first kappa shape index (κ1) is 21.8. The van der Waals surface area contributed by atoms with Gasteiger partial charge in [-0.3, -0.25) is 19.2 Å². The minimum atomic E-state index is -3.88. The van der Waals surface area contributed by atoms with Crippen molar-refractivity contribution in [3.8, 4) is 0 Å². The molecule has 6 nitrogen and oxygen atoms in total. The van der Waals surface area contributed by atoms with Gasteiger partial charge in [0.05, 0.1) is 29.0 Å². The molecule has 2 unspecified atom stereocenters. The summed E-state index contributed by atoms with van der Waals surface area (Å²) in [7, 11) is -3.88. The minimum absolute atomic E-state index is 0.0870. The molecule has 164 valence electrons. The number of carbonyl (C=O) groups is 2. The van der Waals surface area contributed by atoms with Gasteiger partial charge in [0.25, 0.3) is 10.0 Å². The molecule has 4 rings (SSSR count). The van der Waals surface area contributed by atoms with Crippen LogP contribution in [-0.4, -0.2) is 25.1 Å². The van der Waals surface area contributed by atoms with Crippen LogP contribution in [0.5, 0.6) is 0 Å². The number of anilines is 1. The fourth-order valence-electron chi connectivity index (χ4n) is 4.51. The Bertz CT molecular complexity index is 1140. The van der Waals surface area contributed by atoms with Crippen molar-refractivity contribution in [3.05, 3.63) is 58.1 Å². The zero-order valence-electron chi connectivity index (χ0n) is 17.5. The fourth-order valence-corrected chi connectivity index (χ4v) is 6.10. The largest absolute Gasteiger partial charge is 0.279 e. The lowest BCUT2D eigenvalue weighted by molar-refractivity contribution is -0.140. The summed E-state index contributed by atoms with van der Waals surface area (Å²) in [4.78, 5) is 27.0. The third kappa shape index (κ3) is 4.21. The molecule has 2 aromatic carbocycles. The number of fused-ring (bicyclic) bond motifs is 1. The average Bonchev–Trinajstić information content (AvgIpc) is 2.97. The van der Waals surface area contributed by atoms with Gasteiger partial charge in [-0.05, 0) is 61.6 Å². The van der Waals surface area contributed by atoms with Crippen molar-refractivity contribution in [2.45, 2.75) is 51.0 Å². The predicted molar refractivity (Wildman–Crippen MR) is 119 cm³/mol. The molecule has 0 bridgehead atoms. The number of amides is 2. The summed E-state index contributed by atoms with van der Waals surface area (Å²) in [5.74, 6) is -0.704. The number of nitrogens with one attached hydrogen (secondary N) is 1. The molecule has 2 aliphatic rings. The Morgan fingerprint density at radius 1 is 0.968 bits per heavy atom. The molecular weight excluding hydrogens is 436 g/mol. The van der Waals surface area contributed by atoms with Crippen LogP contribution in [0.3, 0.4) is 0 Å². The molecule has 2 aromatic rings. The van der Waals surface area contributed by atoms with E-state index in [1.807, 2.05) is 0 Å². The quantitative estimate of drug-likeness (QED) is 0.669.